The van der Waals surface area contributed by atoms with Crippen LogP contribution in [0.5, 0.6) is 0 Å². The molecule has 0 fully saturated rings. The first-order valence-electron chi connectivity index (χ1n) is 8.55. The summed E-state index contributed by atoms with van der Waals surface area (Å²) in [5, 5.41) is 3.83. The van der Waals surface area contributed by atoms with Gasteiger partial charge in [0.1, 0.15) is 0 Å². The van der Waals surface area contributed by atoms with E-state index in [0.717, 1.165) is 25.7 Å². The van der Waals surface area contributed by atoms with Crippen LogP contribution in [0.4, 0.5) is 0 Å². The van der Waals surface area contributed by atoms with Crippen LogP contribution < -0.4 is 10.9 Å². The maximum atomic E-state index is 12.8. The van der Waals surface area contributed by atoms with Crippen molar-refractivity contribution in [3.8, 4) is 0 Å². The van der Waals surface area contributed by atoms with Gasteiger partial charge < -0.3 is 14.9 Å². The number of H-pyrrole nitrogens is 1. The van der Waals surface area contributed by atoms with Gasteiger partial charge in [-0.05, 0) is 80.1 Å². The molecule has 0 saturated carbocycles. The molecule has 1 amide bonds. The zero-order chi connectivity index (χ0) is 19.0. The summed E-state index contributed by atoms with van der Waals surface area (Å²) in [5.41, 5.74) is 3.81. The Hall–Kier alpha value is -2.09. The smallest absolute Gasteiger partial charge is 0.253 e. The third kappa shape index (κ3) is 3.56. The second-order valence-electron chi connectivity index (χ2n) is 6.83. The number of halogens is 1. The van der Waals surface area contributed by atoms with Gasteiger partial charge in [-0.2, -0.15) is 0 Å². The summed E-state index contributed by atoms with van der Waals surface area (Å²) < 4.78 is 3.16. The molecule has 0 aliphatic carbocycles. The molecule has 0 radical (unpaired) electrons. The molecule has 0 bridgehead atoms. The van der Waals surface area contributed by atoms with E-state index in [1.807, 2.05) is 38.2 Å². The van der Waals surface area contributed by atoms with Gasteiger partial charge in [0.25, 0.3) is 11.5 Å². The maximum Gasteiger partial charge on any atom is 0.253 e. The molecular formula is C20H22IN3O2. The summed E-state index contributed by atoms with van der Waals surface area (Å²) in [5.74, 6) is -0.172. The summed E-state index contributed by atoms with van der Waals surface area (Å²) in [4.78, 5) is 27.7. The Labute approximate surface area is 165 Å². The van der Waals surface area contributed by atoms with E-state index < -0.39 is 0 Å². The highest BCUT2D eigenvalue weighted by Gasteiger charge is 2.16. The number of nitrogens with one attached hydrogen (secondary N) is 2. The highest BCUT2D eigenvalue weighted by atomic mass is 127. The van der Waals surface area contributed by atoms with Gasteiger partial charge in [-0.3, -0.25) is 9.59 Å². The van der Waals surface area contributed by atoms with Crippen molar-refractivity contribution in [1.82, 2.24) is 14.9 Å². The number of aromatic amines is 1. The van der Waals surface area contributed by atoms with Crippen molar-refractivity contribution in [3.63, 3.8) is 0 Å². The summed E-state index contributed by atoms with van der Waals surface area (Å²) in [6.07, 6.45) is 2.01. The molecule has 6 heteroatoms. The van der Waals surface area contributed by atoms with E-state index in [9.17, 15) is 9.59 Å². The molecule has 0 atom stereocenters. The minimum atomic E-state index is -0.172. The number of carbonyl (C=O) groups is 1. The maximum absolute atomic E-state index is 12.8. The fourth-order valence-corrected chi connectivity index (χ4v) is 3.84. The van der Waals surface area contributed by atoms with Crippen LogP contribution in [0.25, 0.3) is 10.9 Å². The number of carbonyl (C=O) groups excluding carboxylic acids is 1. The minimum absolute atomic E-state index is 0.151. The number of hydrogen-bond donors (Lipinski definition) is 2. The summed E-state index contributed by atoms with van der Waals surface area (Å²) in [6.45, 7) is 8.17. The second-order valence-corrected chi connectivity index (χ2v) is 8.07. The van der Waals surface area contributed by atoms with Gasteiger partial charge in [0.15, 0.2) is 0 Å². The van der Waals surface area contributed by atoms with Crippen LogP contribution in [0.3, 0.4) is 0 Å². The Morgan fingerprint density at radius 2 is 2.00 bits per heavy atom. The largest absolute Gasteiger partial charge is 0.348 e. The molecule has 26 heavy (non-hydrogen) atoms. The predicted molar refractivity (Wildman–Crippen MR) is 113 cm³/mol. The number of fused-ring (bicyclic) bond motifs is 1. The van der Waals surface area contributed by atoms with E-state index in [2.05, 4.69) is 57.4 Å². The molecular weight excluding hydrogens is 441 g/mol. The number of nitrogens with zero attached hydrogens (tertiary/aromatic N) is 1. The Balaban J connectivity index is 1.93. The molecule has 2 N–H and O–H groups in total. The van der Waals surface area contributed by atoms with Crippen LogP contribution >= 0.6 is 22.6 Å². The van der Waals surface area contributed by atoms with Gasteiger partial charge in [0, 0.05) is 44.6 Å². The number of aryl methyl sites for hydroxylation is 2. The van der Waals surface area contributed by atoms with Crippen LogP contribution in [-0.2, 0) is 6.54 Å². The van der Waals surface area contributed by atoms with E-state index in [0.29, 0.717) is 17.2 Å². The van der Waals surface area contributed by atoms with Crippen LogP contribution in [0, 0.1) is 17.4 Å². The van der Waals surface area contributed by atoms with Crippen LogP contribution in [0.1, 0.15) is 47.1 Å². The predicted octanol–water partition coefficient (Wildman–Crippen LogP) is 4.06. The quantitative estimate of drug-likeness (QED) is 0.574. The third-order valence-electron chi connectivity index (χ3n) is 4.52. The molecule has 0 spiro atoms. The highest BCUT2D eigenvalue weighted by Crippen LogP contribution is 2.26. The van der Waals surface area contributed by atoms with Crippen LogP contribution in [0.2, 0.25) is 0 Å². The topological polar surface area (TPSA) is 66.9 Å². The minimum Gasteiger partial charge on any atom is -0.348 e. The molecule has 0 aliphatic heterocycles. The summed E-state index contributed by atoms with van der Waals surface area (Å²) >= 11 is 2.23. The van der Waals surface area contributed by atoms with Crippen molar-refractivity contribution < 1.29 is 4.79 Å². The highest BCUT2D eigenvalue weighted by molar-refractivity contribution is 14.1. The van der Waals surface area contributed by atoms with E-state index in [1.54, 1.807) is 0 Å². The van der Waals surface area contributed by atoms with Crippen molar-refractivity contribution in [2.45, 2.75) is 40.3 Å². The van der Waals surface area contributed by atoms with Gasteiger partial charge in [-0.1, -0.05) is 0 Å². The number of pyridine rings is 1. The first-order chi connectivity index (χ1) is 12.3. The first-order valence-corrected chi connectivity index (χ1v) is 9.63. The second kappa shape index (κ2) is 7.26. The lowest BCUT2D eigenvalue weighted by Crippen LogP contribution is -2.28. The zero-order valence-corrected chi connectivity index (χ0v) is 17.5. The van der Waals surface area contributed by atoms with Crippen molar-refractivity contribution in [1.29, 1.82) is 0 Å². The van der Waals surface area contributed by atoms with E-state index in [4.69, 9.17) is 0 Å². The molecule has 5 nitrogen and oxygen atoms in total. The van der Waals surface area contributed by atoms with Crippen molar-refractivity contribution in [3.05, 3.63) is 66.8 Å². The molecule has 136 valence electrons. The van der Waals surface area contributed by atoms with E-state index >= 15 is 0 Å². The van der Waals surface area contributed by atoms with Crippen LogP contribution in [0.15, 0.2) is 35.3 Å². The molecule has 2 heterocycles. The Morgan fingerprint density at radius 3 is 2.65 bits per heavy atom. The summed E-state index contributed by atoms with van der Waals surface area (Å²) in [7, 11) is 0. The molecule has 0 aliphatic rings. The number of amides is 1. The van der Waals surface area contributed by atoms with E-state index in [1.165, 1.54) is 0 Å². The van der Waals surface area contributed by atoms with Crippen molar-refractivity contribution >= 4 is 39.4 Å². The van der Waals surface area contributed by atoms with Crippen molar-refractivity contribution in [2.75, 3.05) is 0 Å². The number of aromatic nitrogens is 2. The van der Waals surface area contributed by atoms with Gasteiger partial charge in [-0.25, -0.2) is 0 Å². The molecule has 2 aromatic heterocycles. The number of rotatable bonds is 4. The normalized spacial score (nSPS) is 11.3. The zero-order valence-electron chi connectivity index (χ0n) is 15.3. The molecule has 3 aromatic rings. The fraction of sp³-hybridized carbons (Fsp3) is 0.300. The van der Waals surface area contributed by atoms with Gasteiger partial charge in [-0.15, -0.1) is 0 Å². The Bertz CT molecular complexity index is 1050. The lowest BCUT2D eigenvalue weighted by Gasteiger charge is -2.12. The van der Waals surface area contributed by atoms with E-state index in [-0.39, 0.29) is 18.0 Å². The monoisotopic (exact) mass is 463 g/mol. The SMILES string of the molecule is Cc1cc(C)c(CNC(=O)c2cc(I)cc3c2ccn3C(C)C)c(=O)[nH]1. The first kappa shape index (κ1) is 18.7. The number of benzene rings is 1. The van der Waals surface area contributed by atoms with Gasteiger partial charge in [0.05, 0.1) is 5.52 Å². The molecule has 0 unspecified atom stereocenters. The Morgan fingerprint density at radius 1 is 1.27 bits per heavy atom. The van der Waals surface area contributed by atoms with Gasteiger partial charge >= 0.3 is 0 Å². The lowest BCUT2D eigenvalue weighted by atomic mass is 10.1. The molecule has 0 saturated heterocycles. The van der Waals surface area contributed by atoms with Crippen molar-refractivity contribution in [2.24, 2.45) is 0 Å². The van der Waals surface area contributed by atoms with Crippen LogP contribution in [-0.4, -0.2) is 15.5 Å². The summed E-state index contributed by atoms with van der Waals surface area (Å²) in [6, 6.07) is 8.17. The standard InChI is InChI=1S/C20H22IN3O2/c1-11(2)24-6-5-15-16(8-14(21)9-18(15)24)19(25)22-10-17-12(3)7-13(4)23-20(17)26/h5-9,11H,10H2,1-4H3,(H,22,25)(H,23,26). The average Bonchev–Trinajstić information content (AvgIpc) is 2.96. The molecule has 1 aromatic carbocycles. The lowest BCUT2D eigenvalue weighted by molar-refractivity contribution is 0.0952. The fourth-order valence-electron chi connectivity index (χ4n) is 3.23. The third-order valence-corrected chi connectivity index (χ3v) is 5.15. The molecule has 3 rings (SSSR count). The number of hydrogen-bond acceptors (Lipinski definition) is 2. The van der Waals surface area contributed by atoms with Gasteiger partial charge in [0.2, 0.25) is 0 Å². The Kier molecular flexibility index (Phi) is 5.22. The average molecular weight is 463 g/mol.